The predicted molar refractivity (Wildman–Crippen MR) is 89.4 cm³/mol. The molecule has 0 unspecified atom stereocenters. The average molecular weight is 333 g/mol. The molecule has 1 N–H and O–H groups in total. The van der Waals surface area contributed by atoms with Crippen molar-refractivity contribution >= 4 is 29.3 Å². The minimum absolute atomic E-state index is 0.0197. The molecular formula is C15H19N5O2S. The molecule has 0 atom stereocenters. The predicted octanol–water partition coefficient (Wildman–Crippen LogP) is 1.67. The van der Waals surface area contributed by atoms with Gasteiger partial charge < -0.3 is 15.0 Å². The van der Waals surface area contributed by atoms with Crippen LogP contribution in [-0.2, 0) is 11.3 Å². The summed E-state index contributed by atoms with van der Waals surface area (Å²) in [6, 6.07) is 7.96. The number of nitrogens with zero attached hydrogens (tertiary/aromatic N) is 4. The number of hydrogen-bond acceptors (Lipinski definition) is 6. The molecule has 2 heterocycles. The number of ether oxygens (including phenoxy) is 1. The van der Waals surface area contributed by atoms with E-state index in [4.69, 9.17) is 4.74 Å². The first-order valence-electron chi connectivity index (χ1n) is 7.50. The third-order valence-corrected chi connectivity index (χ3v) is 4.52. The lowest BCUT2D eigenvalue weighted by atomic mass is 10.3. The highest BCUT2D eigenvalue weighted by molar-refractivity contribution is 7.99. The number of carbonyl (C=O) groups is 1. The third kappa shape index (κ3) is 3.26. The maximum Gasteiger partial charge on any atom is 0.232 e. The van der Waals surface area contributed by atoms with Gasteiger partial charge in [-0.3, -0.25) is 9.36 Å². The van der Waals surface area contributed by atoms with E-state index in [9.17, 15) is 4.79 Å². The molecule has 1 amide bonds. The van der Waals surface area contributed by atoms with Crippen molar-refractivity contribution in [1.29, 1.82) is 0 Å². The monoisotopic (exact) mass is 333 g/mol. The Morgan fingerprint density at radius 2 is 2.09 bits per heavy atom. The number of anilines is 2. The number of benzene rings is 1. The van der Waals surface area contributed by atoms with Gasteiger partial charge >= 0.3 is 0 Å². The zero-order valence-electron chi connectivity index (χ0n) is 13.2. The maximum absolute atomic E-state index is 11.4. The molecule has 0 aliphatic carbocycles. The molecule has 0 saturated carbocycles. The summed E-state index contributed by atoms with van der Waals surface area (Å²) in [5.74, 6) is 2.00. The van der Waals surface area contributed by atoms with Crippen LogP contribution in [0.2, 0.25) is 0 Å². The molecule has 7 nitrogen and oxygen atoms in total. The lowest BCUT2D eigenvalue weighted by Gasteiger charge is -2.15. The van der Waals surface area contributed by atoms with Crippen LogP contribution in [0.1, 0.15) is 6.92 Å². The molecule has 0 spiro atoms. The third-order valence-electron chi connectivity index (χ3n) is 3.56. The Morgan fingerprint density at radius 3 is 2.78 bits per heavy atom. The summed E-state index contributed by atoms with van der Waals surface area (Å²) in [6.07, 6.45) is 0. The second-order valence-corrected chi connectivity index (χ2v) is 5.92. The fourth-order valence-electron chi connectivity index (χ4n) is 2.42. The fraction of sp³-hybridized carbons (Fsp3) is 0.400. The van der Waals surface area contributed by atoms with Crippen LogP contribution >= 0.6 is 11.8 Å². The van der Waals surface area contributed by atoms with Crippen molar-refractivity contribution in [2.75, 3.05) is 30.9 Å². The molecule has 1 aromatic carbocycles. The summed E-state index contributed by atoms with van der Waals surface area (Å²) >= 11 is 1.40. The number of carbonyl (C=O) groups excluding carboxylic acids is 1. The Hall–Kier alpha value is -2.22. The highest BCUT2D eigenvalue weighted by atomic mass is 32.2. The Balaban J connectivity index is 1.74. The number of rotatable bonds is 6. The van der Waals surface area contributed by atoms with E-state index in [0.717, 1.165) is 35.6 Å². The second-order valence-electron chi connectivity index (χ2n) is 4.97. The van der Waals surface area contributed by atoms with Crippen LogP contribution in [0.3, 0.4) is 0 Å². The molecule has 0 bridgehead atoms. The van der Waals surface area contributed by atoms with Crippen LogP contribution < -0.4 is 15.0 Å². The average Bonchev–Trinajstić information content (AvgIpc) is 3.16. The largest absolute Gasteiger partial charge is 0.494 e. The zero-order chi connectivity index (χ0) is 16.2. The SMILES string of the molecule is CCOc1ccc(N2CCn3c(SCC(=O)NC)nnc32)cc1. The van der Waals surface area contributed by atoms with Gasteiger partial charge in [0.15, 0.2) is 5.16 Å². The van der Waals surface area contributed by atoms with E-state index in [1.54, 1.807) is 7.05 Å². The second kappa shape index (κ2) is 6.91. The Labute approximate surface area is 139 Å². The summed E-state index contributed by atoms with van der Waals surface area (Å²) < 4.78 is 7.51. The standard InChI is InChI=1S/C15H19N5O2S/c1-3-22-12-6-4-11(5-7-12)19-8-9-20-14(19)17-18-15(20)23-10-13(21)16-2/h4-7H,3,8-10H2,1-2H3,(H,16,21). The molecule has 1 aliphatic heterocycles. The van der Waals surface area contributed by atoms with Crippen molar-refractivity contribution in [3.05, 3.63) is 24.3 Å². The highest BCUT2D eigenvalue weighted by Crippen LogP contribution is 2.32. The summed E-state index contributed by atoms with van der Waals surface area (Å²) in [7, 11) is 1.63. The van der Waals surface area contributed by atoms with Crippen molar-refractivity contribution in [3.8, 4) is 5.75 Å². The molecule has 0 fully saturated rings. The Bertz CT molecular complexity index is 686. The lowest BCUT2D eigenvalue weighted by molar-refractivity contribution is -0.118. The molecule has 2 aromatic rings. The minimum Gasteiger partial charge on any atom is -0.494 e. The van der Waals surface area contributed by atoms with E-state index in [1.165, 1.54) is 11.8 Å². The van der Waals surface area contributed by atoms with E-state index in [1.807, 2.05) is 35.8 Å². The van der Waals surface area contributed by atoms with Crippen LogP contribution in [0, 0.1) is 0 Å². The van der Waals surface area contributed by atoms with Gasteiger partial charge in [0.05, 0.1) is 12.4 Å². The zero-order valence-corrected chi connectivity index (χ0v) is 14.0. The van der Waals surface area contributed by atoms with Crippen LogP contribution in [-0.4, -0.2) is 46.6 Å². The van der Waals surface area contributed by atoms with Crippen molar-refractivity contribution in [3.63, 3.8) is 0 Å². The van der Waals surface area contributed by atoms with Gasteiger partial charge in [0, 0.05) is 25.8 Å². The van der Waals surface area contributed by atoms with Crippen molar-refractivity contribution in [2.24, 2.45) is 0 Å². The first-order chi connectivity index (χ1) is 11.2. The van der Waals surface area contributed by atoms with Crippen LogP contribution in [0.4, 0.5) is 11.6 Å². The smallest absolute Gasteiger partial charge is 0.232 e. The normalized spacial score (nSPS) is 13.0. The summed E-state index contributed by atoms with van der Waals surface area (Å²) in [6.45, 7) is 4.27. The minimum atomic E-state index is -0.0197. The van der Waals surface area contributed by atoms with Gasteiger partial charge in [-0.25, -0.2) is 0 Å². The van der Waals surface area contributed by atoms with Crippen molar-refractivity contribution in [2.45, 2.75) is 18.6 Å². The van der Waals surface area contributed by atoms with Gasteiger partial charge in [0.25, 0.3) is 0 Å². The van der Waals surface area contributed by atoms with Gasteiger partial charge in [0.2, 0.25) is 11.9 Å². The highest BCUT2D eigenvalue weighted by Gasteiger charge is 2.26. The van der Waals surface area contributed by atoms with Crippen LogP contribution in [0.25, 0.3) is 0 Å². The first kappa shape index (κ1) is 15.7. The fourth-order valence-corrected chi connectivity index (χ4v) is 3.25. The summed E-state index contributed by atoms with van der Waals surface area (Å²) in [5, 5.41) is 11.8. The summed E-state index contributed by atoms with van der Waals surface area (Å²) in [4.78, 5) is 13.5. The number of thioether (sulfide) groups is 1. The molecule has 8 heteroatoms. The van der Waals surface area contributed by atoms with Crippen molar-refractivity contribution < 1.29 is 9.53 Å². The van der Waals surface area contributed by atoms with Gasteiger partial charge in [0.1, 0.15) is 5.75 Å². The van der Waals surface area contributed by atoms with E-state index in [2.05, 4.69) is 20.4 Å². The molecule has 122 valence electrons. The molecule has 0 radical (unpaired) electrons. The topological polar surface area (TPSA) is 72.3 Å². The number of amides is 1. The van der Waals surface area contributed by atoms with E-state index < -0.39 is 0 Å². The van der Waals surface area contributed by atoms with E-state index >= 15 is 0 Å². The van der Waals surface area contributed by atoms with E-state index in [0.29, 0.717) is 12.4 Å². The number of nitrogens with one attached hydrogen (secondary N) is 1. The Morgan fingerprint density at radius 1 is 1.30 bits per heavy atom. The molecule has 23 heavy (non-hydrogen) atoms. The van der Waals surface area contributed by atoms with E-state index in [-0.39, 0.29) is 5.91 Å². The van der Waals surface area contributed by atoms with Crippen LogP contribution in [0.15, 0.2) is 29.4 Å². The number of aromatic nitrogens is 3. The van der Waals surface area contributed by atoms with Crippen LogP contribution in [0.5, 0.6) is 5.75 Å². The number of hydrogen-bond donors (Lipinski definition) is 1. The molecule has 1 aliphatic rings. The molecule has 3 rings (SSSR count). The maximum atomic E-state index is 11.4. The summed E-state index contributed by atoms with van der Waals surface area (Å²) in [5.41, 5.74) is 1.06. The molecular weight excluding hydrogens is 314 g/mol. The lowest BCUT2D eigenvalue weighted by Crippen LogP contribution is -2.20. The molecule has 0 saturated heterocycles. The Kier molecular flexibility index (Phi) is 4.71. The van der Waals surface area contributed by atoms with Crippen molar-refractivity contribution in [1.82, 2.24) is 20.1 Å². The number of fused-ring (bicyclic) bond motifs is 1. The van der Waals surface area contributed by atoms with Gasteiger partial charge in [-0.1, -0.05) is 11.8 Å². The van der Waals surface area contributed by atoms with Gasteiger partial charge in [-0.15, -0.1) is 10.2 Å². The van der Waals surface area contributed by atoms with Gasteiger partial charge in [-0.2, -0.15) is 0 Å². The molecule has 1 aromatic heterocycles. The van der Waals surface area contributed by atoms with Gasteiger partial charge in [-0.05, 0) is 31.2 Å². The quantitative estimate of drug-likeness (QED) is 0.811. The first-order valence-corrected chi connectivity index (χ1v) is 8.48.